The van der Waals surface area contributed by atoms with Crippen molar-refractivity contribution in [2.45, 2.75) is 109 Å². The standard InChI is InChI=1S/C19H45NO5Si4/c1-21-19(25-29(11,12)13)16(20)14-15(22-26(2,3)4)17(23-27(5,6)7)18(19)24-28(8,9)10/h15,17-18,20H,14H2,1-13H3. The Hall–Kier alpha value is 0.338. The fraction of sp³-hybridized carbons (Fsp3) is 0.947. The zero-order chi connectivity index (χ0) is 23.1. The maximum Gasteiger partial charge on any atom is 0.226 e. The van der Waals surface area contributed by atoms with E-state index in [1.54, 1.807) is 7.11 Å². The van der Waals surface area contributed by atoms with Gasteiger partial charge in [-0.3, -0.25) is 0 Å². The minimum Gasteiger partial charge on any atom is -0.412 e. The Bertz CT molecular complexity index is 577. The van der Waals surface area contributed by atoms with Crippen LogP contribution in [0.5, 0.6) is 0 Å². The van der Waals surface area contributed by atoms with Crippen LogP contribution in [-0.2, 0) is 22.4 Å². The highest BCUT2D eigenvalue weighted by atomic mass is 28.4. The first-order valence-electron chi connectivity index (χ1n) is 10.6. The lowest BCUT2D eigenvalue weighted by Crippen LogP contribution is -2.71. The molecule has 6 nitrogen and oxygen atoms in total. The third kappa shape index (κ3) is 8.41. The van der Waals surface area contributed by atoms with Crippen molar-refractivity contribution in [3.8, 4) is 0 Å². The van der Waals surface area contributed by atoms with Gasteiger partial charge in [0.05, 0.1) is 11.8 Å². The minimum absolute atomic E-state index is 0.226. The fourth-order valence-electron chi connectivity index (χ4n) is 3.53. The van der Waals surface area contributed by atoms with Gasteiger partial charge in [-0.2, -0.15) is 0 Å². The van der Waals surface area contributed by atoms with Gasteiger partial charge in [0.15, 0.2) is 33.3 Å². The Balaban J connectivity index is 3.59. The number of nitrogens with one attached hydrogen (secondary N) is 1. The van der Waals surface area contributed by atoms with Gasteiger partial charge in [-0.15, -0.1) is 0 Å². The Kier molecular flexibility index (Phi) is 8.55. The number of ether oxygens (including phenoxy) is 1. The summed E-state index contributed by atoms with van der Waals surface area (Å²) >= 11 is 0. The van der Waals surface area contributed by atoms with Crippen molar-refractivity contribution in [3.05, 3.63) is 0 Å². The van der Waals surface area contributed by atoms with Crippen molar-refractivity contribution in [2.24, 2.45) is 0 Å². The lowest BCUT2D eigenvalue weighted by Gasteiger charge is -2.54. The zero-order valence-electron chi connectivity index (χ0n) is 21.0. The molecule has 0 aromatic carbocycles. The van der Waals surface area contributed by atoms with Crippen LogP contribution in [0.3, 0.4) is 0 Å². The van der Waals surface area contributed by atoms with Crippen LogP contribution in [0.2, 0.25) is 78.6 Å². The van der Waals surface area contributed by atoms with Gasteiger partial charge in [-0.05, 0) is 78.6 Å². The predicted octanol–water partition coefficient (Wildman–Crippen LogP) is 5.26. The summed E-state index contributed by atoms with van der Waals surface area (Å²) in [5, 5.41) is 8.97. The molecule has 0 amide bonds. The van der Waals surface area contributed by atoms with E-state index in [-0.39, 0.29) is 12.2 Å². The van der Waals surface area contributed by atoms with Crippen LogP contribution in [0.25, 0.3) is 0 Å². The highest BCUT2D eigenvalue weighted by Crippen LogP contribution is 2.40. The fourth-order valence-corrected chi connectivity index (χ4v) is 8.03. The van der Waals surface area contributed by atoms with Gasteiger partial charge >= 0.3 is 0 Å². The van der Waals surface area contributed by atoms with Crippen LogP contribution in [0, 0.1) is 5.41 Å². The summed E-state index contributed by atoms with van der Waals surface area (Å²) in [6.45, 7) is 25.9. The molecule has 0 radical (unpaired) electrons. The van der Waals surface area contributed by atoms with Crippen molar-refractivity contribution in [3.63, 3.8) is 0 Å². The minimum atomic E-state index is -2.06. The first kappa shape index (κ1) is 27.4. The van der Waals surface area contributed by atoms with Crippen molar-refractivity contribution in [2.75, 3.05) is 7.11 Å². The third-order valence-corrected chi connectivity index (χ3v) is 7.97. The summed E-state index contributed by atoms with van der Waals surface area (Å²) in [5.74, 6) is -1.23. The predicted molar refractivity (Wildman–Crippen MR) is 131 cm³/mol. The van der Waals surface area contributed by atoms with E-state index < -0.39 is 45.2 Å². The molecular formula is C19H45NO5Si4. The lowest BCUT2D eigenvalue weighted by atomic mass is 9.85. The highest BCUT2D eigenvalue weighted by Gasteiger charge is 2.59. The quantitative estimate of drug-likeness (QED) is 0.360. The molecule has 0 saturated heterocycles. The SMILES string of the molecule is COC1(O[Si](C)(C)C)C(=N)CC(O[Si](C)(C)C)C(O[Si](C)(C)C)C1O[Si](C)(C)C. The maximum atomic E-state index is 8.97. The molecule has 0 bridgehead atoms. The summed E-state index contributed by atoms with van der Waals surface area (Å²) in [6.07, 6.45) is -0.648. The summed E-state index contributed by atoms with van der Waals surface area (Å²) in [7, 11) is -6.24. The molecule has 0 aliphatic heterocycles. The average molecular weight is 480 g/mol. The molecule has 0 heterocycles. The molecular weight excluding hydrogens is 435 g/mol. The molecule has 29 heavy (non-hydrogen) atoms. The van der Waals surface area contributed by atoms with Gasteiger partial charge in [0.2, 0.25) is 5.79 Å². The Labute approximate surface area is 183 Å². The molecule has 1 saturated carbocycles. The van der Waals surface area contributed by atoms with E-state index in [1.807, 2.05) is 0 Å². The molecule has 1 aliphatic carbocycles. The molecule has 0 aromatic rings. The molecule has 10 heteroatoms. The van der Waals surface area contributed by atoms with E-state index in [0.717, 1.165) is 0 Å². The Morgan fingerprint density at radius 2 is 1.17 bits per heavy atom. The summed E-state index contributed by atoms with van der Waals surface area (Å²) in [6, 6.07) is 0. The van der Waals surface area contributed by atoms with Gasteiger partial charge in [-0.1, -0.05) is 0 Å². The number of hydrogen-bond acceptors (Lipinski definition) is 6. The third-order valence-electron chi connectivity index (χ3n) is 4.10. The van der Waals surface area contributed by atoms with Gasteiger partial charge in [-0.25, -0.2) is 0 Å². The highest BCUT2D eigenvalue weighted by molar-refractivity contribution is 6.71. The van der Waals surface area contributed by atoms with Gasteiger partial charge in [0.25, 0.3) is 0 Å². The number of methoxy groups -OCH3 is 1. The normalized spacial score (nSPS) is 30.0. The number of hydrogen-bond donors (Lipinski definition) is 1. The van der Waals surface area contributed by atoms with Crippen molar-refractivity contribution in [1.82, 2.24) is 0 Å². The smallest absolute Gasteiger partial charge is 0.226 e. The van der Waals surface area contributed by atoms with Crippen LogP contribution < -0.4 is 0 Å². The zero-order valence-corrected chi connectivity index (χ0v) is 25.0. The van der Waals surface area contributed by atoms with E-state index in [2.05, 4.69) is 78.6 Å². The van der Waals surface area contributed by atoms with Crippen LogP contribution >= 0.6 is 0 Å². The van der Waals surface area contributed by atoms with Crippen molar-refractivity contribution >= 4 is 39.0 Å². The molecule has 1 N–H and O–H groups in total. The van der Waals surface area contributed by atoms with Gasteiger partial charge in [0.1, 0.15) is 12.2 Å². The second-order valence-corrected chi connectivity index (χ2v) is 29.7. The average Bonchev–Trinajstić information content (AvgIpc) is 2.42. The first-order chi connectivity index (χ1) is 12.7. The first-order valence-corrected chi connectivity index (χ1v) is 24.2. The second kappa shape index (κ2) is 9.06. The number of rotatable bonds is 9. The van der Waals surface area contributed by atoms with E-state index in [4.69, 9.17) is 27.9 Å². The molecule has 4 atom stereocenters. The molecule has 0 spiro atoms. The molecule has 4 unspecified atom stereocenters. The van der Waals surface area contributed by atoms with E-state index in [1.165, 1.54) is 0 Å². The summed E-state index contributed by atoms with van der Waals surface area (Å²) in [5.41, 5.74) is 0.393. The summed E-state index contributed by atoms with van der Waals surface area (Å²) < 4.78 is 32.6. The summed E-state index contributed by atoms with van der Waals surface area (Å²) in [4.78, 5) is 0. The van der Waals surface area contributed by atoms with E-state index in [0.29, 0.717) is 12.1 Å². The second-order valence-electron chi connectivity index (χ2n) is 11.9. The molecule has 1 fully saturated rings. The largest absolute Gasteiger partial charge is 0.412 e. The molecule has 1 rings (SSSR count). The lowest BCUT2D eigenvalue weighted by molar-refractivity contribution is -0.219. The van der Waals surface area contributed by atoms with Crippen molar-refractivity contribution in [1.29, 1.82) is 5.41 Å². The van der Waals surface area contributed by atoms with E-state index >= 15 is 0 Å². The topological polar surface area (TPSA) is 70.0 Å². The molecule has 1 aliphatic rings. The van der Waals surface area contributed by atoms with Gasteiger partial charge in [0, 0.05) is 13.5 Å². The van der Waals surface area contributed by atoms with Crippen molar-refractivity contribution < 1.29 is 22.4 Å². The monoisotopic (exact) mass is 479 g/mol. The Morgan fingerprint density at radius 1 is 0.724 bits per heavy atom. The molecule has 172 valence electrons. The molecule has 0 aromatic heterocycles. The van der Waals surface area contributed by atoms with Crippen LogP contribution in [0.4, 0.5) is 0 Å². The maximum absolute atomic E-state index is 8.97. The Morgan fingerprint density at radius 3 is 1.52 bits per heavy atom. The van der Waals surface area contributed by atoms with Crippen LogP contribution in [0.15, 0.2) is 0 Å². The van der Waals surface area contributed by atoms with E-state index in [9.17, 15) is 0 Å². The van der Waals surface area contributed by atoms with Crippen LogP contribution in [-0.4, -0.2) is 70.2 Å². The van der Waals surface area contributed by atoms with Gasteiger partial charge < -0.3 is 27.9 Å². The van der Waals surface area contributed by atoms with Crippen LogP contribution in [0.1, 0.15) is 6.42 Å².